The van der Waals surface area contributed by atoms with Crippen molar-refractivity contribution in [2.75, 3.05) is 13.2 Å². The molecule has 156 valence electrons. The largest absolute Gasteiger partial charge is 0.494 e. The van der Waals surface area contributed by atoms with Gasteiger partial charge in [0.2, 0.25) is 0 Å². The fourth-order valence-corrected chi connectivity index (χ4v) is 4.86. The molecule has 2 aliphatic rings. The van der Waals surface area contributed by atoms with Crippen LogP contribution in [0, 0.1) is 0 Å². The second kappa shape index (κ2) is 8.23. The van der Waals surface area contributed by atoms with E-state index < -0.39 is 24.0 Å². The van der Waals surface area contributed by atoms with Crippen LogP contribution in [-0.2, 0) is 16.8 Å². The van der Waals surface area contributed by atoms with E-state index in [0.29, 0.717) is 36.5 Å². The lowest BCUT2D eigenvalue weighted by Crippen LogP contribution is -2.44. The Hall–Kier alpha value is -1.66. The van der Waals surface area contributed by atoms with Crippen molar-refractivity contribution in [1.29, 1.82) is 0 Å². The quantitative estimate of drug-likeness (QED) is 0.749. The minimum Gasteiger partial charge on any atom is -0.494 e. The highest BCUT2D eigenvalue weighted by Gasteiger charge is 2.50. The van der Waals surface area contributed by atoms with E-state index in [9.17, 15) is 14.6 Å². The highest BCUT2D eigenvalue weighted by Crippen LogP contribution is 2.54. The van der Waals surface area contributed by atoms with Crippen LogP contribution in [0.1, 0.15) is 54.6 Å². The number of aliphatic hydroxyl groups excluding tert-OH is 2. The van der Waals surface area contributed by atoms with Crippen molar-refractivity contribution in [1.82, 2.24) is 0 Å². The molecule has 6 heteroatoms. The summed E-state index contributed by atoms with van der Waals surface area (Å²) in [4.78, 5) is 0. The molecule has 1 saturated heterocycles. The molecule has 0 radical (unpaired) electrons. The fourth-order valence-electron chi connectivity index (χ4n) is 4.62. The van der Waals surface area contributed by atoms with Gasteiger partial charge in [-0.3, -0.25) is 0 Å². The van der Waals surface area contributed by atoms with Crippen LogP contribution >= 0.6 is 11.6 Å². The molecule has 4 nitrogen and oxygen atoms in total. The monoisotopic (exact) mass is 420 g/mol. The van der Waals surface area contributed by atoms with Crippen LogP contribution in [0.4, 0.5) is 4.39 Å². The Labute approximate surface area is 175 Å². The Balaban J connectivity index is 1.66. The van der Waals surface area contributed by atoms with Gasteiger partial charge in [-0.15, -0.1) is 0 Å². The van der Waals surface area contributed by atoms with Crippen LogP contribution < -0.4 is 4.74 Å². The van der Waals surface area contributed by atoms with Crippen LogP contribution in [0.15, 0.2) is 36.4 Å². The third-order valence-electron chi connectivity index (χ3n) is 5.88. The molecule has 1 fully saturated rings. The van der Waals surface area contributed by atoms with Crippen LogP contribution in [0.25, 0.3) is 0 Å². The summed E-state index contributed by atoms with van der Waals surface area (Å²) in [6, 6.07) is 11.4. The zero-order valence-corrected chi connectivity index (χ0v) is 17.2. The topological polar surface area (TPSA) is 58.9 Å². The van der Waals surface area contributed by atoms with Gasteiger partial charge in [-0.1, -0.05) is 29.8 Å². The molecule has 1 spiro atoms. The van der Waals surface area contributed by atoms with Gasteiger partial charge in [0.1, 0.15) is 11.9 Å². The lowest BCUT2D eigenvalue weighted by molar-refractivity contribution is -0.181. The van der Waals surface area contributed by atoms with Crippen LogP contribution in [0.2, 0.25) is 5.02 Å². The summed E-state index contributed by atoms with van der Waals surface area (Å²) in [5.41, 5.74) is 2.30. The number of rotatable bonds is 5. The lowest BCUT2D eigenvalue weighted by atomic mass is 9.84. The van der Waals surface area contributed by atoms with Crippen molar-refractivity contribution in [2.45, 2.75) is 56.6 Å². The SMILES string of the molecule is CCOc1ccc(Cc2cc3c(cc2Cl)C(F)CC32CC(O)CC(CO)O2)cc1. The number of aliphatic hydroxyl groups is 2. The van der Waals surface area contributed by atoms with E-state index in [2.05, 4.69) is 0 Å². The standard InChI is InChI=1S/C23H26ClFO4/c1-2-28-17-5-3-14(4-6-17)7-15-8-20-19(10-21(15)24)22(25)12-23(20)11-16(27)9-18(13-26)29-23/h3-6,8,10,16,18,22,26-27H,2,7,9,11-13H2,1H3. The van der Waals surface area contributed by atoms with Crippen LogP contribution in [0.5, 0.6) is 5.75 Å². The summed E-state index contributed by atoms with van der Waals surface area (Å²) in [5.74, 6) is 0.815. The van der Waals surface area contributed by atoms with Crippen molar-refractivity contribution in [3.63, 3.8) is 0 Å². The van der Waals surface area contributed by atoms with Crippen molar-refractivity contribution in [3.05, 3.63) is 63.7 Å². The van der Waals surface area contributed by atoms with Crippen LogP contribution in [0.3, 0.4) is 0 Å². The number of alkyl halides is 1. The van der Waals surface area contributed by atoms with E-state index in [4.69, 9.17) is 21.1 Å². The molecule has 1 aliphatic carbocycles. The van der Waals surface area contributed by atoms with Crippen molar-refractivity contribution in [2.24, 2.45) is 0 Å². The fraction of sp³-hybridized carbons (Fsp3) is 0.478. The second-order valence-corrected chi connectivity index (χ2v) is 8.37. The van der Waals surface area contributed by atoms with E-state index in [1.165, 1.54) is 0 Å². The highest BCUT2D eigenvalue weighted by molar-refractivity contribution is 6.31. The second-order valence-electron chi connectivity index (χ2n) is 7.97. The van der Waals surface area contributed by atoms with Crippen molar-refractivity contribution in [3.8, 4) is 5.75 Å². The van der Waals surface area contributed by atoms with E-state index in [1.807, 2.05) is 37.3 Å². The summed E-state index contributed by atoms with van der Waals surface area (Å²) in [5, 5.41) is 20.4. The molecule has 2 aromatic rings. The normalized spacial score (nSPS) is 28.5. The molecule has 0 aromatic heterocycles. The molecule has 0 saturated carbocycles. The number of hydrogen-bond acceptors (Lipinski definition) is 4. The molecule has 0 bridgehead atoms. The summed E-state index contributed by atoms with van der Waals surface area (Å²) >= 11 is 6.49. The predicted molar refractivity (Wildman–Crippen MR) is 109 cm³/mol. The van der Waals surface area contributed by atoms with E-state index in [1.54, 1.807) is 6.07 Å². The Morgan fingerprint density at radius 2 is 2.00 bits per heavy atom. The minimum atomic E-state index is -1.20. The van der Waals surface area contributed by atoms with Gasteiger partial charge in [0.15, 0.2) is 0 Å². The van der Waals surface area contributed by atoms with E-state index >= 15 is 0 Å². The van der Waals surface area contributed by atoms with Gasteiger partial charge in [0, 0.05) is 24.3 Å². The number of halogens is 2. The average Bonchev–Trinajstić information content (AvgIpc) is 2.93. The first-order valence-electron chi connectivity index (χ1n) is 10.1. The molecule has 0 amide bonds. The molecular formula is C23H26ClFO4. The molecule has 4 unspecified atom stereocenters. The van der Waals surface area contributed by atoms with Gasteiger partial charge >= 0.3 is 0 Å². The number of benzene rings is 2. The van der Waals surface area contributed by atoms with Gasteiger partial charge in [-0.05, 0) is 53.8 Å². The maximum absolute atomic E-state index is 14.9. The molecule has 4 rings (SSSR count). The summed E-state index contributed by atoms with van der Waals surface area (Å²) in [6.45, 7) is 2.36. The number of ether oxygens (including phenoxy) is 2. The van der Waals surface area contributed by atoms with Gasteiger partial charge < -0.3 is 19.7 Å². The van der Waals surface area contributed by atoms with Crippen LogP contribution in [-0.4, -0.2) is 35.6 Å². The predicted octanol–water partition coefficient (Wildman–Crippen LogP) is 4.47. The lowest BCUT2D eigenvalue weighted by Gasteiger charge is -2.41. The molecule has 4 atom stereocenters. The Kier molecular flexibility index (Phi) is 5.85. The first kappa shape index (κ1) is 20.6. The minimum absolute atomic E-state index is 0.138. The van der Waals surface area contributed by atoms with Gasteiger partial charge in [0.25, 0.3) is 0 Å². The zero-order chi connectivity index (χ0) is 20.6. The number of fused-ring (bicyclic) bond motifs is 2. The molecule has 1 heterocycles. The molecule has 1 aliphatic heterocycles. The summed E-state index contributed by atoms with van der Waals surface area (Å²) < 4.78 is 26.5. The highest BCUT2D eigenvalue weighted by atomic mass is 35.5. The van der Waals surface area contributed by atoms with Gasteiger partial charge in [-0.25, -0.2) is 4.39 Å². The average molecular weight is 421 g/mol. The Morgan fingerprint density at radius 3 is 2.69 bits per heavy atom. The van der Waals surface area contributed by atoms with Crippen molar-refractivity contribution < 1.29 is 24.1 Å². The van der Waals surface area contributed by atoms with E-state index in [-0.39, 0.29) is 13.0 Å². The maximum Gasteiger partial charge on any atom is 0.129 e. The third-order valence-corrected chi connectivity index (χ3v) is 6.23. The summed E-state index contributed by atoms with van der Waals surface area (Å²) in [6.07, 6.45) is -0.924. The first-order chi connectivity index (χ1) is 13.9. The summed E-state index contributed by atoms with van der Waals surface area (Å²) in [7, 11) is 0. The first-order valence-corrected chi connectivity index (χ1v) is 10.5. The molecule has 2 aromatic carbocycles. The zero-order valence-electron chi connectivity index (χ0n) is 16.4. The van der Waals surface area contributed by atoms with Gasteiger partial charge in [0.05, 0.1) is 31.0 Å². The van der Waals surface area contributed by atoms with Gasteiger partial charge in [-0.2, -0.15) is 0 Å². The Morgan fingerprint density at radius 1 is 1.24 bits per heavy atom. The Bertz CT molecular complexity index is 872. The molecule has 29 heavy (non-hydrogen) atoms. The smallest absolute Gasteiger partial charge is 0.129 e. The maximum atomic E-state index is 14.9. The number of hydrogen-bond donors (Lipinski definition) is 2. The molecular weight excluding hydrogens is 395 g/mol. The van der Waals surface area contributed by atoms with Crippen molar-refractivity contribution >= 4 is 11.6 Å². The third kappa shape index (κ3) is 4.02. The van der Waals surface area contributed by atoms with E-state index in [0.717, 1.165) is 22.4 Å². The molecule has 2 N–H and O–H groups in total.